The molecule has 2 heteroatoms. The second-order valence-electron chi connectivity index (χ2n) is 6.60. The molecule has 0 amide bonds. The van der Waals surface area contributed by atoms with E-state index < -0.39 is 0 Å². The number of carbonyl (C=O) groups excluding carboxylic acids is 1. The summed E-state index contributed by atoms with van der Waals surface area (Å²) in [5.41, 5.74) is 4.49. The van der Waals surface area contributed by atoms with E-state index >= 15 is 0 Å². The summed E-state index contributed by atoms with van der Waals surface area (Å²) >= 11 is 0. The summed E-state index contributed by atoms with van der Waals surface area (Å²) in [5, 5.41) is 0. The van der Waals surface area contributed by atoms with Crippen molar-refractivity contribution in [2.24, 2.45) is 5.92 Å². The Morgan fingerprint density at radius 3 is 2.50 bits per heavy atom. The smallest absolute Gasteiger partial charge is 0.177 e. The van der Waals surface area contributed by atoms with Crippen molar-refractivity contribution in [3.05, 3.63) is 34.4 Å². The number of ketones is 1. The molecule has 0 spiro atoms. The molecule has 0 aromatic heterocycles. The van der Waals surface area contributed by atoms with Gasteiger partial charge in [-0.1, -0.05) is 19.9 Å². The Bertz CT molecular complexity index is 504. The van der Waals surface area contributed by atoms with Crippen LogP contribution in [0.1, 0.15) is 53.7 Å². The van der Waals surface area contributed by atoms with Crippen LogP contribution in [0.4, 0.5) is 0 Å². The van der Waals surface area contributed by atoms with E-state index in [4.69, 9.17) is 0 Å². The van der Waals surface area contributed by atoms with Crippen molar-refractivity contribution in [3.63, 3.8) is 0 Å². The number of likely N-dealkylation sites (tertiary alicyclic amines) is 1. The van der Waals surface area contributed by atoms with Crippen LogP contribution in [0, 0.1) is 26.7 Å². The van der Waals surface area contributed by atoms with E-state index in [1.165, 1.54) is 24.0 Å². The second kappa shape index (κ2) is 6.09. The van der Waals surface area contributed by atoms with Crippen LogP contribution in [-0.4, -0.2) is 29.8 Å². The molecule has 1 aliphatic heterocycles. The van der Waals surface area contributed by atoms with Crippen molar-refractivity contribution in [2.75, 3.05) is 13.1 Å². The van der Waals surface area contributed by atoms with Gasteiger partial charge in [-0.05, 0) is 68.8 Å². The summed E-state index contributed by atoms with van der Waals surface area (Å²) in [6.45, 7) is 12.4. The maximum atomic E-state index is 12.6. The SMILES string of the molecule is Cc1cc(C)c(C(=O)CN2CCCC2C(C)C)cc1C. The molecule has 1 aliphatic rings. The van der Waals surface area contributed by atoms with Crippen LogP contribution in [0.3, 0.4) is 0 Å². The lowest BCUT2D eigenvalue weighted by Gasteiger charge is -2.27. The molecule has 1 aromatic rings. The van der Waals surface area contributed by atoms with Crippen LogP contribution in [0.2, 0.25) is 0 Å². The minimum Gasteiger partial charge on any atom is -0.293 e. The van der Waals surface area contributed by atoms with E-state index in [0.29, 0.717) is 18.5 Å². The molecule has 2 rings (SSSR count). The molecule has 0 radical (unpaired) electrons. The Kier molecular flexibility index (Phi) is 4.64. The van der Waals surface area contributed by atoms with Crippen molar-refractivity contribution in [3.8, 4) is 0 Å². The third-order valence-electron chi connectivity index (χ3n) is 4.67. The van der Waals surface area contributed by atoms with E-state index in [1.807, 2.05) is 6.92 Å². The maximum absolute atomic E-state index is 12.6. The lowest BCUT2D eigenvalue weighted by Crippen LogP contribution is -2.37. The Hall–Kier alpha value is -1.15. The molecule has 1 heterocycles. The first-order chi connectivity index (χ1) is 9.40. The van der Waals surface area contributed by atoms with E-state index in [9.17, 15) is 4.79 Å². The number of hydrogen-bond acceptors (Lipinski definition) is 2. The molecule has 1 unspecified atom stereocenters. The first-order valence-corrected chi connectivity index (χ1v) is 7.75. The summed E-state index contributed by atoms with van der Waals surface area (Å²) in [4.78, 5) is 15.0. The average Bonchev–Trinajstić information content (AvgIpc) is 2.81. The number of carbonyl (C=O) groups is 1. The maximum Gasteiger partial charge on any atom is 0.177 e. The van der Waals surface area contributed by atoms with Gasteiger partial charge in [0, 0.05) is 11.6 Å². The fraction of sp³-hybridized carbons (Fsp3) is 0.611. The molecular formula is C18H27NO. The molecule has 1 atom stereocenters. The largest absolute Gasteiger partial charge is 0.293 e. The topological polar surface area (TPSA) is 20.3 Å². The highest BCUT2D eigenvalue weighted by Crippen LogP contribution is 2.24. The molecule has 1 saturated heterocycles. The predicted octanol–water partition coefficient (Wildman–Crippen LogP) is 3.91. The number of nitrogens with zero attached hydrogens (tertiary/aromatic N) is 1. The van der Waals surface area contributed by atoms with Gasteiger partial charge in [-0.25, -0.2) is 0 Å². The quantitative estimate of drug-likeness (QED) is 0.775. The Balaban J connectivity index is 2.14. The summed E-state index contributed by atoms with van der Waals surface area (Å²) in [6.07, 6.45) is 2.46. The van der Waals surface area contributed by atoms with Gasteiger partial charge in [0.05, 0.1) is 6.54 Å². The van der Waals surface area contributed by atoms with Crippen LogP contribution in [0.5, 0.6) is 0 Å². The number of Topliss-reactive ketones (excluding diaryl/α,β-unsaturated/α-hetero) is 1. The molecule has 1 fully saturated rings. The van der Waals surface area contributed by atoms with Crippen LogP contribution in [-0.2, 0) is 0 Å². The van der Waals surface area contributed by atoms with Crippen LogP contribution < -0.4 is 0 Å². The lowest BCUT2D eigenvalue weighted by molar-refractivity contribution is 0.0903. The number of hydrogen-bond donors (Lipinski definition) is 0. The van der Waals surface area contributed by atoms with Gasteiger partial charge in [-0.2, -0.15) is 0 Å². The fourth-order valence-electron chi connectivity index (χ4n) is 3.33. The van der Waals surface area contributed by atoms with E-state index in [2.05, 4.69) is 44.7 Å². The normalized spacial score (nSPS) is 19.8. The molecule has 1 aromatic carbocycles. The zero-order valence-corrected chi connectivity index (χ0v) is 13.5. The highest BCUT2D eigenvalue weighted by atomic mass is 16.1. The van der Waals surface area contributed by atoms with Gasteiger partial charge >= 0.3 is 0 Å². The third-order valence-corrected chi connectivity index (χ3v) is 4.67. The molecule has 2 nitrogen and oxygen atoms in total. The minimum atomic E-state index is 0.276. The summed E-state index contributed by atoms with van der Waals surface area (Å²) < 4.78 is 0. The van der Waals surface area contributed by atoms with Gasteiger partial charge in [-0.15, -0.1) is 0 Å². The molecule has 0 N–H and O–H groups in total. The van der Waals surface area contributed by atoms with Gasteiger partial charge < -0.3 is 0 Å². The van der Waals surface area contributed by atoms with E-state index in [0.717, 1.165) is 17.7 Å². The van der Waals surface area contributed by atoms with Crippen molar-refractivity contribution in [1.82, 2.24) is 4.90 Å². The monoisotopic (exact) mass is 273 g/mol. The molecule has 0 aliphatic carbocycles. The van der Waals surface area contributed by atoms with Gasteiger partial charge in [0.15, 0.2) is 5.78 Å². The third kappa shape index (κ3) is 3.12. The highest BCUT2D eigenvalue weighted by molar-refractivity contribution is 5.99. The molecular weight excluding hydrogens is 246 g/mol. The fourth-order valence-corrected chi connectivity index (χ4v) is 3.33. The van der Waals surface area contributed by atoms with Gasteiger partial charge in [0.25, 0.3) is 0 Å². The first-order valence-electron chi connectivity index (χ1n) is 7.75. The number of aryl methyl sites for hydroxylation is 3. The average molecular weight is 273 g/mol. The molecule has 20 heavy (non-hydrogen) atoms. The van der Waals surface area contributed by atoms with Crippen molar-refractivity contribution >= 4 is 5.78 Å². The van der Waals surface area contributed by atoms with E-state index in [-0.39, 0.29) is 5.78 Å². The van der Waals surface area contributed by atoms with Crippen LogP contribution in [0.25, 0.3) is 0 Å². The van der Waals surface area contributed by atoms with Crippen molar-refractivity contribution < 1.29 is 4.79 Å². The summed E-state index contributed by atoms with van der Waals surface area (Å²) in [7, 11) is 0. The molecule has 110 valence electrons. The predicted molar refractivity (Wildman–Crippen MR) is 84.4 cm³/mol. The standard InChI is InChI=1S/C18H27NO/c1-12(2)17-7-6-8-19(17)11-18(20)16-10-14(4)13(3)9-15(16)5/h9-10,12,17H,6-8,11H2,1-5H3. The molecule has 0 saturated carbocycles. The lowest BCUT2D eigenvalue weighted by atomic mass is 9.97. The second-order valence-corrected chi connectivity index (χ2v) is 6.60. The highest BCUT2D eigenvalue weighted by Gasteiger charge is 2.28. The Morgan fingerprint density at radius 1 is 1.20 bits per heavy atom. The number of rotatable bonds is 4. The van der Waals surface area contributed by atoms with Gasteiger partial charge in [0.1, 0.15) is 0 Å². The van der Waals surface area contributed by atoms with Gasteiger partial charge in [-0.3, -0.25) is 9.69 Å². The van der Waals surface area contributed by atoms with Crippen LogP contribution >= 0.6 is 0 Å². The Morgan fingerprint density at radius 2 is 1.85 bits per heavy atom. The zero-order chi connectivity index (χ0) is 14.9. The van der Waals surface area contributed by atoms with Crippen molar-refractivity contribution in [1.29, 1.82) is 0 Å². The number of benzene rings is 1. The minimum absolute atomic E-state index is 0.276. The van der Waals surface area contributed by atoms with Gasteiger partial charge in [0.2, 0.25) is 0 Å². The zero-order valence-electron chi connectivity index (χ0n) is 13.5. The summed E-state index contributed by atoms with van der Waals surface area (Å²) in [6, 6.07) is 4.77. The Labute approximate surface area is 123 Å². The summed E-state index contributed by atoms with van der Waals surface area (Å²) in [5.74, 6) is 0.907. The first kappa shape index (κ1) is 15.2. The molecule has 0 bridgehead atoms. The van der Waals surface area contributed by atoms with Crippen LogP contribution in [0.15, 0.2) is 12.1 Å². The van der Waals surface area contributed by atoms with Crippen molar-refractivity contribution in [2.45, 2.75) is 53.5 Å². The van der Waals surface area contributed by atoms with E-state index in [1.54, 1.807) is 0 Å².